The van der Waals surface area contributed by atoms with Gasteiger partial charge in [0, 0.05) is 37.5 Å². The van der Waals surface area contributed by atoms with Crippen molar-refractivity contribution >= 4 is 23.1 Å². The molecule has 1 aliphatic heterocycles. The van der Waals surface area contributed by atoms with E-state index in [9.17, 15) is 14.9 Å². The predicted octanol–water partition coefficient (Wildman–Crippen LogP) is 1.93. The van der Waals surface area contributed by atoms with Gasteiger partial charge in [0.15, 0.2) is 0 Å². The van der Waals surface area contributed by atoms with Crippen LogP contribution < -0.4 is 16.0 Å². The molecule has 27 heavy (non-hydrogen) atoms. The number of nitrogens with one attached hydrogen (secondary N) is 1. The van der Waals surface area contributed by atoms with Crippen molar-refractivity contribution in [1.82, 2.24) is 4.98 Å². The smallest absolute Gasteiger partial charge is 0.293 e. The third-order valence-corrected chi connectivity index (χ3v) is 4.34. The third kappa shape index (κ3) is 4.50. The first-order chi connectivity index (χ1) is 12.9. The number of carbonyl (C=O) groups is 1. The average molecular weight is 371 g/mol. The van der Waals surface area contributed by atoms with E-state index in [1.807, 2.05) is 19.1 Å². The summed E-state index contributed by atoms with van der Waals surface area (Å²) in [6, 6.07) is 7.97. The molecule has 2 heterocycles. The Morgan fingerprint density at radius 3 is 2.89 bits per heavy atom. The van der Waals surface area contributed by atoms with E-state index in [-0.39, 0.29) is 17.4 Å². The van der Waals surface area contributed by atoms with Crippen molar-refractivity contribution < 1.29 is 14.5 Å². The lowest BCUT2D eigenvalue weighted by atomic mass is 10.1. The average Bonchev–Trinajstić information content (AvgIpc) is 2.66. The second-order valence-corrected chi connectivity index (χ2v) is 6.36. The number of nitro groups is 1. The standard InChI is InChI=1S/C18H21N5O4/c1-12-11-22(6-7-27-12)17-5-2-13(10-21-17)9-20-15-4-3-14(18(19)24)8-16(15)23(25)26/h2-5,8,10,12,20H,6-7,9,11H2,1H3,(H2,19,24). The molecule has 1 saturated heterocycles. The molecule has 142 valence electrons. The minimum Gasteiger partial charge on any atom is -0.375 e. The van der Waals surface area contributed by atoms with Crippen molar-refractivity contribution in [2.75, 3.05) is 29.9 Å². The van der Waals surface area contributed by atoms with Gasteiger partial charge in [-0.1, -0.05) is 6.07 Å². The Bertz CT molecular complexity index is 840. The first-order valence-electron chi connectivity index (χ1n) is 8.57. The molecule has 0 spiro atoms. The molecule has 1 unspecified atom stereocenters. The van der Waals surface area contributed by atoms with E-state index in [0.29, 0.717) is 18.8 Å². The summed E-state index contributed by atoms with van der Waals surface area (Å²) >= 11 is 0. The van der Waals surface area contributed by atoms with Gasteiger partial charge in [-0.25, -0.2) is 4.98 Å². The second kappa shape index (κ2) is 8.00. The van der Waals surface area contributed by atoms with Crippen LogP contribution in [0.4, 0.5) is 17.2 Å². The number of rotatable bonds is 6. The first-order valence-corrected chi connectivity index (χ1v) is 8.57. The Balaban J connectivity index is 1.68. The van der Waals surface area contributed by atoms with E-state index in [1.165, 1.54) is 18.2 Å². The molecule has 0 saturated carbocycles. The topological polar surface area (TPSA) is 124 Å². The van der Waals surface area contributed by atoms with Gasteiger partial charge in [-0.3, -0.25) is 14.9 Å². The second-order valence-electron chi connectivity index (χ2n) is 6.36. The lowest BCUT2D eigenvalue weighted by Gasteiger charge is -2.32. The number of nitrogens with two attached hydrogens (primary N) is 1. The molecule has 9 nitrogen and oxygen atoms in total. The molecule has 1 atom stereocenters. The van der Waals surface area contributed by atoms with E-state index in [2.05, 4.69) is 15.2 Å². The largest absolute Gasteiger partial charge is 0.375 e. The molecule has 0 aliphatic carbocycles. The number of ether oxygens (including phenoxy) is 1. The first kappa shape index (κ1) is 18.6. The van der Waals surface area contributed by atoms with Gasteiger partial charge in [0.2, 0.25) is 5.91 Å². The van der Waals surface area contributed by atoms with E-state index >= 15 is 0 Å². The number of aromatic nitrogens is 1. The fraction of sp³-hybridized carbons (Fsp3) is 0.333. The molecule has 1 aromatic heterocycles. The highest BCUT2D eigenvalue weighted by Crippen LogP contribution is 2.26. The highest BCUT2D eigenvalue weighted by Gasteiger charge is 2.18. The maximum Gasteiger partial charge on any atom is 0.293 e. The highest BCUT2D eigenvalue weighted by atomic mass is 16.6. The van der Waals surface area contributed by atoms with Crippen LogP contribution >= 0.6 is 0 Å². The number of hydrogen-bond acceptors (Lipinski definition) is 7. The zero-order chi connectivity index (χ0) is 19.4. The number of hydrogen-bond donors (Lipinski definition) is 2. The number of pyridine rings is 1. The Labute approximate surface area is 156 Å². The SMILES string of the molecule is CC1CN(c2ccc(CNc3ccc(C(N)=O)cc3[N+](=O)[O-])cn2)CCO1. The van der Waals surface area contributed by atoms with Gasteiger partial charge in [0.25, 0.3) is 5.69 Å². The van der Waals surface area contributed by atoms with Crippen LogP contribution in [0.3, 0.4) is 0 Å². The molecule has 3 N–H and O–H groups in total. The Hall–Kier alpha value is -3.20. The number of morpholine rings is 1. The van der Waals surface area contributed by atoms with Crippen LogP contribution in [-0.2, 0) is 11.3 Å². The van der Waals surface area contributed by atoms with Gasteiger partial charge < -0.3 is 20.7 Å². The van der Waals surface area contributed by atoms with E-state index < -0.39 is 10.8 Å². The monoisotopic (exact) mass is 371 g/mol. The van der Waals surface area contributed by atoms with E-state index in [4.69, 9.17) is 10.5 Å². The zero-order valence-electron chi connectivity index (χ0n) is 14.9. The summed E-state index contributed by atoms with van der Waals surface area (Å²) in [5.74, 6) is 0.174. The summed E-state index contributed by atoms with van der Waals surface area (Å²) in [5, 5.41) is 14.3. The normalized spacial score (nSPS) is 16.8. The van der Waals surface area contributed by atoms with Crippen LogP contribution in [0.1, 0.15) is 22.8 Å². The third-order valence-electron chi connectivity index (χ3n) is 4.34. The summed E-state index contributed by atoms with van der Waals surface area (Å²) in [6.07, 6.45) is 1.91. The van der Waals surface area contributed by atoms with Crippen LogP contribution in [0.2, 0.25) is 0 Å². The van der Waals surface area contributed by atoms with Crippen LogP contribution in [0.15, 0.2) is 36.5 Å². The van der Waals surface area contributed by atoms with Crippen LogP contribution in [-0.4, -0.2) is 41.6 Å². The van der Waals surface area contributed by atoms with Gasteiger partial charge in [-0.2, -0.15) is 0 Å². The van der Waals surface area contributed by atoms with Crippen molar-refractivity contribution in [3.05, 3.63) is 57.8 Å². The zero-order valence-corrected chi connectivity index (χ0v) is 14.9. The molecule has 0 radical (unpaired) electrons. The fourth-order valence-electron chi connectivity index (χ4n) is 2.92. The number of carbonyl (C=O) groups excluding carboxylic acids is 1. The summed E-state index contributed by atoms with van der Waals surface area (Å²) in [4.78, 5) is 28.5. The maximum atomic E-state index is 11.2. The minimum absolute atomic E-state index is 0.0954. The van der Waals surface area contributed by atoms with Crippen molar-refractivity contribution in [2.45, 2.75) is 19.6 Å². The lowest BCUT2D eigenvalue weighted by Crippen LogP contribution is -2.41. The number of nitrogens with zero attached hydrogens (tertiary/aromatic N) is 3. The van der Waals surface area contributed by atoms with E-state index in [1.54, 1.807) is 6.20 Å². The van der Waals surface area contributed by atoms with Crippen LogP contribution in [0.25, 0.3) is 0 Å². The molecular formula is C18H21N5O4. The number of anilines is 2. The summed E-state index contributed by atoms with van der Waals surface area (Å²) in [7, 11) is 0. The van der Waals surface area contributed by atoms with Crippen molar-refractivity contribution in [1.29, 1.82) is 0 Å². The molecule has 3 rings (SSSR count). The Kier molecular flexibility index (Phi) is 5.51. The molecule has 0 bridgehead atoms. The van der Waals surface area contributed by atoms with Gasteiger partial charge in [-0.05, 0) is 30.7 Å². The molecule has 1 fully saturated rings. The summed E-state index contributed by atoms with van der Waals surface area (Å²) < 4.78 is 5.53. The fourth-order valence-corrected chi connectivity index (χ4v) is 2.92. The minimum atomic E-state index is -0.707. The number of primary amides is 1. The number of nitro benzene ring substituents is 1. The van der Waals surface area contributed by atoms with Crippen molar-refractivity contribution in [3.8, 4) is 0 Å². The predicted molar refractivity (Wildman–Crippen MR) is 101 cm³/mol. The molecule has 9 heteroatoms. The number of benzene rings is 1. The summed E-state index contributed by atoms with van der Waals surface area (Å²) in [5.41, 5.74) is 6.28. The van der Waals surface area contributed by atoms with E-state index in [0.717, 1.165) is 24.5 Å². The molecule has 1 aliphatic rings. The Morgan fingerprint density at radius 1 is 1.44 bits per heavy atom. The van der Waals surface area contributed by atoms with Crippen molar-refractivity contribution in [3.63, 3.8) is 0 Å². The van der Waals surface area contributed by atoms with Crippen molar-refractivity contribution in [2.24, 2.45) is 5.73 Å². The van der Waals surface area contributed by atoms with Gasteiger partial charge in [0.1, 0.15) is 11.5 Å². The van der Waals surface area contributed by atoms with Gasteiger partial charge in [-0.15, -0.1) is 0 Å². The van der Waals surface area contributed by atoms with Crippen LogP contribution in [0, 0.1) is 10.1 Å². The lowest BCUT2D eigenvalue weighted by molar-refractivity contribution is -0.384. The Morgan fingerprint density at radius 2 is 2.26 bits per heavy atom. The maximum absolute atomic E-state index is 11.2. The molecular weight excluding hydrogens is 350 g/mol. The van der Waals surface area contributed by atoms with Gasteiger partial charge >= 0.3 is 0 Å². The van der Waals surface area contributed by atoms with Crippen LogP contribution in [0.5, 0.6) is 0 Å². The molecule has 1 aromatic carbocycles. The molecule has 2 aromatic rings. The summed E-state index contributed by atoms with van der Waals surface area (Å²) in [6.45, 7) is 4.66. The molecule has 1 amide bonds. The number of amides is 1. The quantitative estimate of drug-likeness (QED) is 0.587. The highest BCUT2D eigenvalue weighted by molar-refractivity contribution is 5.94. The van der Waals surface area contributed by atoms with Gasteiger partial charge in [0.05, 0.1) is 17.6 Å².